The van der Waals surface area contributed by atoms with Crippen molar-refractivity contribution in [2.45, 2.75) is 48.7 Å². The number of aryl methyl sites for hydroxylation is 1. The standard InChI is InChI=1S/C31H28F3N5O9S/c1-15-23(16-2-6-18(7-3-16)31(32,33)34)28-37-30(36-27(39(28)38-15)17-4-12-21(13-5-17)49(44,45)46)35-19-8-10-20(11-9-19)47-29-26(43)25(42)24(41)22(14-40)48-29/h2-13,22,24-26,29,40-43H,14H2,1H3,(H,35,37)(H,44,45,46). The Morgan fingerprint density at radius 2 is 1.57 bits per heavy atom. The molecule has 49 heavy (non-hydrogen) atoms. The molecule has 0 amide bonds. The molecule has 258 valence electrons. The van der Waals surface area contributed by atoms with Gasteiger partial charge in [0, 0.05) is 11.1 Å². The van der Waals surface area contributed by atoms with Gasteiger partial charge in [-0.25, -0.2) is 4.99 Å². The maximum absolute atomic E-state index is 13.3. The number of nitrogens with one attached hydrogen (secondary N) is 1. The second-order valence-electron chi connectivity index (χ2n) is 11.1. The number of aromatic amines is 1. The lowest BCUT2D eigenvalue weighted by Crippen LogP contribution is -2.60. The van der Waals surface area contributed by atoms with Gasteiger partial charge in [-0.1, -0.05) is 12.1 Å². The van der Waals surface area contributed by atoms with Crippen molar-refractivity contribution in [3.05, 3.63) is 89.7 Å². The van der Waals surface area contributed by atoms with E-state index in [9.17, 15) is 46.6 Å². The molecule has 0 bridgehead atoms. The first-order chi connectivity index (χ1) is 23.1. The second-order valence-corrected chi connectivity index (χ2v) is 12.5. The van der Waals surface area contributed by atoms with E-state index in [0.29, 0.717) is 33.7 Å². The molecule has 2 aromatic heterocycles. The number of aromatic nitrogens is 4. The van der Waals surface area contributed by atoms with E-state index < -0.39 is 59.2 Å². The summed E-state index contributed by atoms with van der Waals surface area (Å²) < 4.78 is 84.9. The highest BCUT2D eigenvalue weighted by atomic mass is 32.2. The first-order valence-corrected chi connectivity index (χ1v) is 16.0. The zero-order chi connectivity index (χ0) is 35.2. The van der Waals surface area contributed by atoms with E-state index in [0.717, 1.165) is 12.1 Å². The molecule has 1 fully saturated rings. The third-order valence-corrected chi connectivity index (χ3v) is 8.65. The Balaban J connectivity index is 1.41. The highest BCUT2D eigenvalue weighted by molar-refractivity contribution is 7.85. The Labute approximate surface area is 275 Å². The van der Waals surface area contributed by atoms with Crippen LogP contribution in [-0.4, -0.2) is 90.3 Å². The minimum absolute atomic E-state index is 0.0250. The lowest BCUT2D eigenvalue weighted by molar-refractivity contribution is -0.277. The van der Waals surface area contributed by atoms with Gasteiger partial charge in [0.1, 0.15) is 35.8 Å². The molecule has 18 heteroatoms. The Morgan fingerprint density at radius 1 is 0.939 bits per heavy atom. The van der Waals surface area contributed by atoms with Crippen LogP contribution in [0.15, 0.2) is 82.7 Å². The van der Waals surface area contributed by atoms with E-state index in [4.69, 9.17) is 9.47 Å². The summed E-state index contributed by atoms with van der Waals surface area (Å²) in [5, 5.41) is 44.3. The van der Waals surface area contributed by atoms with E-state index >= 15 is 0 Å². The highest BCUT2D eigenvalue weighted by Crippen LogP contribution is 2.34. The number of aliphatic hydroxyl groups excluding tert-OH is 4. The fourth-order valence-corrected chi connectivity index (χ4v) is 5.77. The van der Waals surface area contributed by atoms with Crippen molar-refractivity contribution in [2.75, 3.05) is 6.61 Å². The summed E-state index contributed by atoms with van der Waals surface area (Å²) in [6, 6.07) is 15.7. The normalized spacial score (nSPS) is 22.1. The summed E-state index contributed by atoms with van der Waals surface area (Å²) in [7, 11) is -4.49. The fourth-order valence-electron chi connectivity index (χ4n) is 5.29. The molecular formula is C31H28F3N5O9S. The molecule has 6 rings (SSSR count). The van der Waals surface area contributed by atoms with Crippen LogP contribution in [0, 0.1) is 6.92 Å². The first kappa shape index (κ1) is 34.2. The van der Waals surface area contributed by atoms with E-state index in [1.807, 2.05) is 0 Å². The van der Waals surface area contributed by atoms with Gasteiger partial charge < -0.3 is 34.9 Å². The van der Waals surface area contributed by atoms with Crippen molar-refractivity contribution >= 4 is 21.5 Å². The average molecular weight is 704 g/mol. The predicted octanol–water partition coefficient (Wildman–Crippen LogP) is 2.38. The maximum atomic E-state index is 13.3. The molecule has 5 unspecified atom stereocenters. The number of ether oxygens (including phenoxy) is 2. The number of nitrogens with zero attached hydrogens (tertiary/aromatic N) is 4. The molecule has 3 aromatic carbocycles. The Morgan fingerprint density at radius 3 is 2.16 bits per heavy atom. The molecule has 3 heterocycles. The number of rotatable bonds is 7. The largest absolute Gasteiger partial charge is 0.462 e. The van der Waals surface area contributed by atoms with Crippen molar-refractivity contribution in [1.29, 1.82) is 0 Å². The van der Waals surface area contributed by atoms with Crippen LogP contribution in [0.3, 0.4) is 0 Å². The smallest absolute Gasteiger partial charge is 0.416 e. The predicted molar refractivity (Wildman–Crippen MR) is 164 cm³/mol. The number of benzene rings is 3. The summed E-state index contributed by atoms with van der Waals surface area (Å²) in [5.41, 5.74) is 1.51. The summed E-state index contributed by atoms with van der Waals surface area (Å²) in [6.07, 6.45) is -11.9. The number of hydrogen-bond acceptors (Lipinski definition) is 11. The monoisotopic (exact) mass is 703 g/mol. The molecule has 0 spiro atoms. The van der Waals surface area contributed by atoms with Gasteiger partial charge in [-0.05, 0) is 73.2 Å². The maximum Gasteiger partial charge on any atom is 0.416 e. The van der Waals surface area contributed by atoms with E-state index in [1.54, 1.807) is 6.92 Å². The topological polar surface area (TPSA) is 212 Å². The van der Waals surface area contributed by atoms with Crippen LogP contribution in [0.1, 0.15) is 11.3 Å². The van der Waals surface area contributed by atoms with Gasteiger partial charge in [-0.15, -0.1) is 0 Å². The third-order valence-electron chi connectivity index (χ3n) is 7.79. The van der Waals surface area contributed by atoms with E-state index in [1.165, 1.54) is 65.2 Å². The van der Waals surface area contributed by atoms with Gasteiger partial charge in [0.2, 0.25) is 11.9 Å². The number of H-pyrrole nitrogens is 1. The van der Waals surface area contributed by atoms with E-state index in [-0.39, 0.29) is 22.1 Å². The SMILES string of the molecule is Cc1nn2c(-c3ccc(S(=O)(=O)O)cc3)n/c(=N\c3ccc(OC4OC(CO)C(O)C(O)C4O)cc3)[nH]c2c1-c1ccc(C(F)(F)F)cc1. The van der Waals surface area contributed by atoms with Gasteiger partial charge in [0.15, 0.2) is 5.82 Å². The van der Waals surface area contributed by atoms with Gasteiger partial charge in [0.25, 0.3) is 10.1 Å². The lowest BCUT2D eigenvalue weighted by atomic mass is 9.99. The Hall–Kier alpha value is -4.69. The molecule has 0 aliphatic carbocycles. The molecule has 6 N–H and O–H groups in total. The molecule has 1 aliphatic heterocycles. The van der Waals surface area contributed by atoms with Crippen LogP contribution in [0.4, 0.5) is 18.9 Å². The highest BCUT2D eigenvalue weighted by Gasteiger charge is 2.44. The van der Waals surface area contributed by atoms with Crippen LogP contribution >= 0.6 is 0 Å². The minimum atomic E-state index is -4.53. The Kier molecular flexibility index (Phi) is 9.05. The number of hydrogen-bond donors (Lipinski definition) is 6. The summed E-state index contributed by atoms with van der Waals surface area (Å²) in [5.74, 6) is 0.365. The minimum Gasteiger partial charge on any atom is -0.462 e. The van der Waals surface area contributed by atoms with Crippen LogP contribution < -0.4 is 10.4 Å². The molecule has 0 radical (unpaired) electrons. The summed E-state index contributed by atoms with van der Waals surface area (Å²) in [4.78, 5) is 11.8. The third kappa shape index (κ3) is 6.92. The summed E-state index contributed by atoms with van der Waals surface area (Å²) in [6.45, 7) is 1.03. The average Bonchev–Trinajstić information content (AvgIpc) is 3.40. The lowest BCUT2D eigenvalue weighted by Gasteiger charge is -2.39. The molecule has 5 atom stereocenters. The van der Waals surface area contributed by atoms with Gasteiger partial charge >= 0.3 is 6.18 Å². The molecule has 1 aliphatic rings. The van der Waals surface area contributed by atoms with Crippen LogP contribution in [0.2, 0.25) is 0 Å². The van der Waals surface area contributed by atoms with Crippen molar-refractivity contribution in [2.24, 2.45) is 4.99 Å². The van der Waals surface area contributed by atoms with Crippen LogP contribution in [0.5, 0.6) is 5.75 Å². The first-order valence-electron chi connectivity index (χ1n) is 14.5. The number of aliphatic hydroxyl groups is 4. The van der Waals surface area contributed by atoms with Gasteiger partial charge in [-0.3, -0.25) is 4.55 Å². The zero-order valence-corrected chi connectivity index (χ0v) is 26.0. The molecule has 14 nitrogen and oxygen atoms in total. The van der Waals surface area contributed by atoms with Crippen molar-refractivity contribution in [3.63, 3.8) is 0 Å². The molecule has 5 aromatic rings. The van der Waals surface area contributed by atoms with Gasteiger partial charge in [0.05, 0.1) is 28.4 Å². The summed E-state index contributed by atoms with van der Waals surface area (Å²) >= 11 is 0. The molecule has 1 saturated heterocycles. The van der Waals surface area contributed by atoms with Crippen LogP contribution in [0.25, 0.3) is 28.2 Å². The Bertz CT molecular complexity index is 2150. The molecule has 0 saturated carbocycles. The van der Waals surface area contributed by atoms with E-state index in [2.05, 4.69) is 20.1 Å². The second kappa shape index (κ2) is 13.0. The number of halogens is 3. The van der Waals surface area contributed by atoms with Crippen LogP contribution in [-0.2, 0) is 21.0 Å². The van der Waals surface area contributed by atoms with Crippen molar-refractivity contribution in [3.8, 4) is 28.3 Å². The molecular weight excluding hydrogens is 675 g/mol. The fraction of sp³-hybridized carbons (Fsp3) is 0.258. The number of alkyl halides is 3. The van der Waals surface area contributed by atoms with Crippen molar-refractivity contribution in [1.82, 2.24) is 19.6 Å². The zero-order valence-electron chi connectivity index (χ0n) is 25.2. The quantitative estimate of drug-likeness (QED) is 0.136. The van der Waals surface area contributed by atoms with Gasteiger partial charge in [-0.2, -0.15) is 36.2 Å². The number of fused-ring (bicyclic) bond motifs is 1. The van der Waals surface area contributed by atoms with Crippen molar-refractivity contribution < 1.29 is 56.0 Å².